The van der Waals surface area contributed by atoms with Crippen LogP contribution in [0.1, 0.15) is 20.8 Å². The lowest BCUT2D eigenvalue weighted by Crippen LogP contribution is -2.46. The van der Waals surface area contributed by atoms with Crippen molar-refractivity contribution in [1.29, 1.82) is 0 Å². The number of ketones is 1. The molecule has 0 aromatic heterocycles. The summed E-state index contributed by atoms with van der Waals surface area (Å²) in [4.78, 5) is 22.0. The lowest BCUT2D eigenvalue weighted by Gasteiger charge is -2.18. The number of nitrogens with one attached hydrogen (secondary N) is 2. The summed E-state index contributed by atoms with van der Waals surface area (Å²) in [5, 5.41) is 5.47. The number of amides is 1. The molecule has 0 bridgehead atoms. The topological polar surface area (TPSA) is 58.2 Å². The SMILES string of the molecule is CN[C@H](C(=O)NCC(C)=O)C(C)C. The molecule has 0 saturated carbocycles. The molecule has 0 aliphatic rings. The van der Waals surface area contributed by atoms with Crippen molar-refractivity contribution >= 4 is 11.7 Å². The van der Waals surface area contributed by atoms with Crippen molar-refractivity contribution in [2.75, 3.05) is 13.6 Å². The quantitative estimate of drug-likeness (QED) is 0.632. The van der Waals surface area contributed by atoms with Crippen LogP contribution in [0.2, 0.25) is 0 Å². The van der Waals surface area contributed by atoms with Gasteiger partial charge >= 0.3 is 0 Å². The zero-order chi connectivity index (χ0) is 10.4. The molecule has 0 aromatic carbocycles. The molecule has 0 unspecified atom stereocenters. The second kappa shape index (κ2) is 5.70. The number of hydrogen-bond acceptors (Lipinski definition) is 3. The first kappa shape index (κ1) is 12.1. The van der Waals surface area contributed by atoms with Gasteiger partial charge in [0, 0.05) is 0 Å². The largest absolute Gasteiger partial charge is 0.348 e. The lowest BCUT2D eigenvalue weighted by atomic mass is 10.0. The monoisotopic (exact) mass is 186 g/mol. The van der Waals surface area contributed by atoms with Gasteiger partial charge in [-0.1, -0.05) is 13.8 Å². The normalized spacial score (nSPS) is 12.7. The Morgan fingerprint density at radius 2 is 1.85 bits per heavy atom. The third-order valence-electron chi connectivity index (χ3n) is 1.77. The summed E-state index contributed by atoms with van der Waals surface area (Å²) in [7, 11) is 1.73. The van der Waals surface area contributed by atoms with Crippen molar-refractivity contribution < 1.29 is 9.59 Å². The minimum absolute atomic E-state index is 0.0352. The van der Waals surface area contributed by atoms with E-state index in [-0.39, 0.29) is 30.2 Å². The summed E-state index contributed by atoms with van der Waals surface area (Å²) in [6.45, 7) is 5.47. The molecule has 0 saturated heterocycles. The van der Waals surface area contributed by atoms with Crippen LogP contribution in [0.25, 0.3) is 0 Å². The van der Waals surface area contributed by atoms with E-state index in [1.165, 1.54) is 6.92 Å². The van der Waals surface area contributed by atoms with Crippen LogP contribution in [0.5, 0.6) is 0 Å². The fourth-order valence-corrected chi connectivity index (χ4v) is 1.09. The van der Waals surface area contributed by atoms with Gasteiger partial charge in [0.25, 0.3) is 0 Å². The summed E-state index contributed by atoms with van der Waals surface area (Å²) in [5.74, 6) is 0.0663. The van der Waals surface area contributed by atoms with Crippen LogP contribution in [-0.4, -0.2) is 31.3 Å². The van der Waals surface area contributed by atoms with Crippen LogP contribution in [-0.2, 0) is 9.59 Å². The van der Waals surface area contributed by atoms with Crippen molar-refractivity contribution in [3.8, 4) is 0 Å². The molecule has 0 radical (unpaired) electrons. The molecule has 0 spiro atoms. The lowest BCUT2D eigenvalue weighted by molar-refractivity contribution is -0.126. The van der Waals surface area contributed by atoms with Gasteiger partial charge in [0.05, 0.1) is 12.6 Å². The second-order valence-electron chi connectivity index (χ2n) is 3.43. The molecule has 13 heavy (non-hydrogen) atoms. The van der Waals surface area contributed by atoms with E-state index in [1.54, 1.807) is 7.05 Å². The Hall–Kier alpha value is -0.900. The summed E-state index contributed by atoms with van der Waals surface area (Å²) in [6.07, 6.45) is 0. The molecule has 0 aliphatic heterocycles. The Balaban J connectivity index is 3.99. The van der Waals surface area contributed by atoms with Crippen LogP contribution < -0.4 is 10.6 Å². The number of Topliss-reactive ketones (excluding diaryl/α,β-unsaturated/α-hetero) is 1. The van der Waals surface area contributed by atoms with Gasteiger partial charge in [-0.25, -0.2) is 0 Å². The molecule has 2 N–H and O–H groups in total. The Morgan fingerprint density at radius 1 is 1.31 bits per heavy atom. The third-order valence-corrected chi connectivity index (χ3v) is 1.77. The van der Waals surface area contributed by atoms with Crippen molar-refractivity contribution in [3.05, 3.63) is 0 Å². The van der Waals surface area contributed by atoms with E-state index in [1.807, 2.05) is 13.8 Å². The van der Waals surface area contributed by atoms with E-state index in [9.17, 15) is 9.59 Å². The van der Waals surface area contributed by atoms with Crippen LogP contribution >= 0.6 is 0 Å². The zero-order valence-corrected chi connectivity index (χ0v) is 8.68. The predicted molar refractivity (Wildman–Crippen MR) is 51.4 cm³/mol. The fraction of sp³-hybridized carbons (Fsp3) is 0.778. The van der Waals surface area contributed by atoms with E-state index in [2.05, 4.69) is 10.6 Å². The third kappa shape index (κ3) is 4.62. The maximum Gasteiger partial charge on any atom is 0.237 e. The van der Waals surface area contributed by atoms with E-state index >= 15 is 0 Å². The Bertz CT molecular complexity index is 190. The van der Waals surface area contributed by atoms with Crippen molar-refractivity contribution in [3.63, 3.8) is 0 Å². The Kier molecular flexibility index (Phi) is 5.30. The highest BCUT2D eigenvalue weighted by Gasteiger charge is 2.19. The average molecular weight is 186 g/mol. The standard InChI is InChI=1S/C9H18N2O2/c1-6(2)8(10-4)9(13)11-5-7(3)12/h6,8,10H,5H2,1-4H3,(H,11,13)/t8-/m0/s1. The van der Waals surface area contributed by atoms with Gasteiger partial charge in [0.2, 0.25) is 5.91 Å². The molecule has 1 amide bonds. The minimum Gasteiger partial charge on any atom is -0.348 e. The number of rotatable bonds is 5. The van der Waals surface area contributed by atoms with Gasteiger partial charge in [-0.05, 0) is 19.9 Å². The maximum absolute atomic E-state index is 11.4. The Labute approximate surface area is 79.1 Å². The van der Waals surface area contributed by atoms with E-state index in [4.69, 9.17) is 0 Å². The number of carbonyl (C=O) groups excluding carboxylic acids is 2. The van der Waals surface area contributed by atoms with Crippen molar-refractivity contribution in [2.24, 2.45) is 5.92 Å². The zero-order valence-electron chi connectivity index (χ0n) is 8.68. The summed E-state index contributed by atoms with van der Waals surface area (Å²) in [6, 6.07) is -0.223. The molecule has 0 fully saturated rings. The fourth-order valence-electron chi connectivity index (χ4n) is 1.09. The predicted octanol–water partition coefficient (Wildman–Crippen LogP) is -0.0644. The Morgan fingerprint density at radius 3 is 2.15 bits per heavy atom. The molecule has 4 heteroatoms. The molecular formula is C9H18N2O2. The maximum atomic E-state index is 11.4. The molecular weight excluding hydrogens is 168 g/mol. The molecule has 0 rings (SSSR count). The average Bonchev–Trinajstić information content (AvgIpc) is 2.01. The van der Waals surface area contributed by atoms with Crippen LogP contribution in [0.3, 0.4) is 0 Å². The first-order valence-corrected chi connectivity index (χ1v) is 4.43. The molecule has 76 valence electrons. The number of likely N-dealkylation sites (N-methyl/N-ethyl adjacent to an activating group) is 1. The summed E-state index contributed by atoms with van der Waals surface area (Å²) < 4.78 is 0. The van der Waals surface area contributed by atoms with Gasteiger partial charge in [0.15, 0.2) is 0 Å². The highest BCUT2D eigenvalue weighted by Crippen LogP contribution is 2.00. The highest BCUT2D eigenvalue weighted by atomic mass is 16.2. The molecule has 0 heterocycles. The van der Waals surface area contributed by atoms with Crippen LogP contribution in [0.4, 0.5) is 0 Å². The van der Waals surface area contributed by atoms with Crippen LogP contribution in [0.15, 0.2) is 0 Å². The van der Waals surface area contributed by atoms with Gasteiger partial charge in [-0.2, -0.15) is 0 Å². The van der Waals surface area contributed by atoms with Gasteiger partial charge in [0.1, 0.15) is 5.78 Å². The van der Waals surface area contributed by atoms with Crippen molar-refractivity contribution in [2.45, 2.75) is 26.8 Å². The van der Waals surface area contributed by atoms with E-state index in [0.29, 0.717) is 0 Å². The number of hydrogen-bond donors (Lipinski definition) is 2. The van der Waals surface area contributed by atoms with Crippen molar-refractivity contribution in [1.82, 2.24) is 10.6 Å². The smallest absolute Gasteiger partial charge is 0.237 e. The van der Waals surface area contributed by atoms with E-state index in [0.717, 1.165) is 0 Å². The molecule has 1 atom stereocenters. The van der Waals surface area contributed by atoms with E-state index < -0.39 is 0 Å². The van der Waals surface area contributed by atoms with Crippen LogP contribution in [0, 0.1) is 5.92 Å². The molecule has 4 nitrogen and oxygen atoms in total. The van der Waals surface area contributed by atoms with Gasteiger partial charge in [-0.15, -0.1) is 0 Å². The first-order valence-electron chi connectivity index (χ1n) is 4.43. The minimum atomic E-state index is -0.223. The summed E-state index contributed by atoms with van der Waals surface area (Å²) >= 11 is 0. The number of carbonyl (C=O) groups is 2. The molecule has 0 aromatic rings. The molecule has 0 aliphatic carbocycles. The van der Waals surface area contributed by atoms with Gasteiger partial charge < -0.3 is 10.6 Å². The van der Waals surface area contributed by atoms with Gasteiger partial charge in [-0.3, -0.25) is 9.59 Å². The summed E-state index contributed by atoms with van der Waals surface area (Å²) in [5.41, 5.74) is 0. The highest BCUT2D eigenvalue weighted by molar-refractivity contribution is 5.87. The first-order chi connectivity index (χ1) is 5.99. The second-order valence-corrected chi connectivity index (χ2v) is 3.43.